The molecule has 2 N–H and O–H groups in total. The molecule has 0 saturated heterocycles. The lowest BCUT2D eigenvalue weighted by Gasteiger charge is -2.14. The second kappa shape index (κ2) is 8.50. The summed E-state index contributed by atoms with van der Waals surface area (Å²) in [6.45, 7) is 0.333. The third-order valence-electron chi connectivity index (χ3n) is 6.30. The molecule has 0 atom stereocenters. The van der Waals surface area contributed by atoms with E-state index in [0.717, 1.165) is 28.7 Å². The van der Waals surface area contributed by atoms with Crippen molar-refractivity contribution in [3.63, 3.8) is 0 Å². The number of carbonyl (C=O) groups excluding carboxylic acids is 1. The maximum Gasteiger partial charge on any atom is 0.323 e. The zero-order valence-corrected chi connectivity index (χ0v) is 19.5. The fourth-order valence-corrected chi connectivity index (χ4v) is 5.25. The van der Waals surface area contributed by atoms with Gasteiger partial charge in [-0.05, 0) is 83.8 Å². The topological polar surface area (TPSA) is 102 Å². The Bertz CT molecular complexity index is 1440. The van der Waals surface area contributed by atoms with E-state index in [2.05, 4.69) is 16.1 Å². The van der Waals surface area contributed by atoms with Crippen molar-refractivity contribution in [2.45, 2.75) is 25.8 Å². The van der Waals surface area contributed by atoms with Gasteiger partial charge in [0.15, 0.2) is 0 Å². The average Bonchev–Trinajstić information content (AvgIpc) is 3.63. The van der Waals surface area contributed by atoms with Crippen molar-refractivity contribution in [1.29, 1.82) is 5.26 Å². The molecule has 1 fully saturated rings. The number of benzene rings is 3. The van der Waals surface area contributed by atoms with Crippen LogP contribution in [0.4, 0.5) is 11.4 Å². The Morgan fingerprint density at radius 3 is 2.68 bits per heavy atom. The van der Waals surface area contributed by atoms with Crippen molar-refractivity contribution in [2.24, 2.45) is 5.92 Å². The first-order chi connectivity index (χ1) is 16.3. The number of hydrogen-bond donors (Lipinski definition) is 2. The number of nitrogens with one attached hydrogen (secondary N) is 2. The van der Waals surface area contributed by atoms with Crippen LogP contribution in [0.1, 0.15) is 39.9 Å². The molecule has 1 aliphatic carbocycles. The lowest BCUT2D eigenvalue weighted by atomic mass is 9.96. The number of anilines is 2. The first-order valence-corrected chi connectivity index (χ1v) is 12.6. The minimum absolute atomic E-state index is 0.246. The summed E-state index contributed by atoms with van der Waals surface area (Å²) in [5.74, 6) is 0.362. The van der Waals surface area contributed by atoms with Gasteiger partial charge in [0, 0.05) is 19.2 Å². The van der Waals surface area contributed by atoms with Gasteiger partial charge in [0.1, 0.15) is 0 Å². The Labute approximate surface area is 199 Å². The highest BCUT2D eigenvalue weighted by Crippen LogP contribution is 2.44. The van der Waals surface area contributed by atoms with Crippen LogP contribution in [0.2, 0.25) is 0 Å². The van der Waals surface area contributed by atoms with Gasteiger partial charge in [-0.25, -0.2) is 0 Å². The summed E-state index contributed by atoms with van der Waals surface area (Å²) in [6, 6.07) is 20.5. The van der Waals surface area contributed by atoms with Gasteiger partial charge in [0.05, 0.1) is 23.0 Å². The zero-order valence-electron chi connectivity index (χ0n) is 18.7. The van der Waals surface area contributed by atoms with Crippen LogP contribution in [0.15, 0.2) is 60.7 Å². The third kappa shape index (κ3) is 4.35. The van der Waals surface area contributed by atoms with Crippen molar-refractivity contribution in [3.05, 3.63) is 82.9 Å². The van der Waals surface area contributed by atoms with Crippen LogP contribution in [0.5, 0.6) is 0 Å². The summed E-state index contributed by atoms with van der Waals surface area (Å²) in [5, 5.41) is 11.9. The minimum atomic E-state index is -3.56. The molecule has 1 amide bonds. The summed E-state index contributed by atoms with van der Waals surface area (Å²) in [7, 11) is -2.00. The summed E-state index contributed by atoms with van der Waals surface area (Å²) in [6.07, 6.45) is 3.20. The molecule has 7 nitrogen and oxygen atoms in total. The predicted molar refractivity (Wildman–Crippen MR) is 132 cm³/mol. The molecular weight excluding hydrogens is 448 g/mol. The van der Waals surface area contributed by atoms with E-state index in [1.165, 1.54) is 17.1 Å². The largest absolute Gasteiger partial charge is 0.348 e. The van der Waals surface area contributed by atoms with Crippen molar-refractivity contribution >= 4 is 27.5 Å². The Kier molecular flexibility index (Phi) is 5.50. The SMILES string of the molecule is CN1c2cc(-c3cccc(CNC(=O)c4cccc(C#N)c4)c3)cc(CC3CC3)c2NS1(=O)=O. The highest BCUT2D eigenvalue weighted by molar-refractivity contribution is 7.94. The first-order valence-electron chi connectivity index (χ1n) is 11.2. The number of carbonyl (C=O) groups is 1. The Morgan fingerprint density at radius 2 is 1.91 bits per heavy atom. The quantitative estimate of drug-likeness (QED) is 0.561. The molecule has 34 heavy (non-hydrogen) atoms. The van der Waals surface area contributed by atoms with Gasteiger partial charge in [-0.3, -0.25) is 13.8 Å². The molecule has 0 aromatic heterocycles. The monoisotopic (exact) mass is 472 g/mol. The maximum absolute atomic E-state index is 12.5. The molecule has 8 heteroatoms. The van der Waals surface area contributed by atoms with E-state index in [0.29, 0.717) is 35.0 Å². The molecule has 0 unspecified atom stereocenters. The van der Waals surface area contributed by atoms with Gasteiger partial charge in [-0.1, -0.05) is 24.3 Å². The smallest absolute Gasteiger partial charge is 0.323 e. The molecular formula is C26H24N4O3S. The van der Waals surface area contributed by atoms with E-state index >= 15 is 0 Å². The van der Waals surface area contributed by atoms with Gasteiger partial charge in [0.25, 0.3) is 5.91 Å². The second-order valence-corrected chi connectivity index (χ2v) is 10.5. The minimum Gasteiger partial charge on any atom is -0.348 e. The predicted octanol–water partition coefficient (Wildman–Crippen LogP) is 4.21. The fraction of sp³-hybridized carbons (Fsp3) is 0.231. The van der Waals surface area contributed by atoms with Crippen molar-refractivity contribution < 1.29 is 13.2 Å². The Hall–Kier alpha value is -3.83. The standard InChI is InChI=1S/C26H24N4O3S/c1-30-24-14-22(13-23(10-17-8-9-17)25(24)29-34(30,32)33)20-6-3-5-19(12-20)16-28-26(31)21-7-2-4-18(11-21)15-27/h2-7,11-14,17,29H,8-10,16H2,1H3,(H,28,31). The number of hydrogen-bond acceptors (Lipinski definition) is 4. The molecule has 3 aromatic rings. The van der Waals surface area contributed by atoms with E-state index in [1.54, 1.807) is 31.3 Å². The van der Waals surface area contributed by atoms with Crippen LogP contribution in [-0.2, 0) is 23.2 Å². The summed E-state index contributed by atoms with van der Waals surface area (Å²) >= 11 is 0. The summed E-state index contributed by atoms with van der Waals surface area (Å²) in [4.78, 5) is 12.5. The highest BCUT2D eigenvalue weighted by atomic mass is 32.2. The molecule has 0 spiro atoms. The maximum atomic E-state index is 12.5. The molecule has 1 heterocycles. The lowest BCUT2D eigenvalue weighted by molar-refractivity contribution is 0.0951. The number of nitriles is 1. The van der Waals surface area contributed by atoms with Gasteiger partial charge in [-0.2, -0.15) is 13.7 Å². The number of nitrogens with zero attached hydrogens (tertiary/aromatic N) is 2. The van der Waals surface area contributed by atoms with Gasteiger partial charge in [-0.15, -0.1) is 0 Å². The molecule has 5 rings (SSSR count). The Morgan fingerprint density at radius 1 is 1.12 bits per heavy atom. The highest BCUT2D eigenvalue weighted by Gasteiger charge is 2.33. The van der Waals surface area contributed by atoms with E-state index in [-0.39, 0.29) is 5.91 Å². The molecule has 0 bridgehead atoms. The lowest BCUT2D eigenvalue weighted by Crippen LogP contribution is -2.25. The van der Waals surface area contributed by atoms with Crippen LogP contribution < -0.4 is 14.3 Å². The van der Waals surface area contributed by atoms with E-state index < -0.39 is 10.2 Å². The van der Waals surface area contributed by atoms with Crippen LogP contribution in [0.3, 0.4) is 0 Å². The second-order valence-electron chi connectivity index (χ2n) is 8.83. The number of fused-ring (bicyclic) bond motifs is 1. The zero-order chi connectivity index (χ0) is 23.9. The normalized spacial score (nSPS) is 15.8. The van der Waals surface area contributed by atoms with Crippen LogP contribution >= 0.6 is 0 Å². The molecule has 1 aliphatic heterocycles. The first kappa shape index (κ1) is 22.0. The van der Waals surface area contributed by atoms with E-state index in [1.807, 2.05) is 36.4 Å². The molecule has 0 radical (unpaired) electrons. The Balaban J connectivity index is 1.40. The molecule has 2 aliphatic rings. The van der Waals surface area contributed by atoms with Crippen molar-refractivity contribution in [2.75, 3.05) is 16.1 Å². The number of amides is 1. The fourth-order valence-electron chi connectivity index (χ4n) is 4.21. The molecule has 3 aromatic carbocycles. The van der Waals surface area contributed by atoms with E-state index in [9.17, 15) is 13.2 Å². The average molecular weight is 473 g/mol. The van der Waals surface area contributed by atoms with Gasteiger partial charge >= 0.3 is 10.2 Å². The van der Waals surface area contributed by atoms with E-state index in [4.69, 9.17) is 5.26 Å². The molecule has 1 saturated carbocycles. The van der Waals surface area contributed by atoms with Crippen LogP contribution in [-0.4, -0.2) is 21.4 Å². The number of rotatable bonds is 6. The summed E-state index contributed by atoms with van der Waals surface area (Å²) < 4.78 is 28.9. The van der Waals surface area contributed by atoms with Gasteiger partial charge in [0.2, 0.25) is 0 Å². The van der Waals surface area contributed by atoms with Crippen molar-refractivity contribution in [1.82, 2.24) is 5.32 Å². The third-order valence-corrected chi connectivity index (χ3v) is 7.68. The van der Waals surface area contributed by atoms with Gasteiger partial charge < -0.3 is 5.32 Å². The van der Waals surface area contributed by atoms with Crippen LogP contribution in [0.25, 0.3) is 11.1 Å². The van der Waals surface area contributed by atoms with Crippen molar-refractivity contribution in [3.8, 4) is 17.2 Å². The summed E-state index contributed by atoms with van der Waals surface area (Å²) in [5.41, 5.74) is 6.05. The van der Waals surface area contributed by atoms with Crippen LogP contribution in [0, 0.1) is 17.2 Å². The molecule has 172 valence electrons.